The van der Waals surface area contributed by atoms with Gasteiger partial charge in [0.1, 0.15) is 5.82 Å². The Balaban J connectivity index is 1.48. The van der Waals surface area contributed by atoms with E-state index in [2.05, 4.69) is 15.1 Å². The quantitative estimate of drug-likeness (QED) is 0.724. The maximum absolute atomic E-state index is 13.7. The molecular formula is C19H17FN4O2. The normalized spacial score (nSPS) is 16.8. The first kappa shape index (κ1) is 16.4. The van der Waals surface area contributed by atoms with Crippen LogP contribution in [0.3, 0.4) is 0 Å². The van der Waals surface area contributed by atoms with Crippen molar-refractivity contribution < 1.29 is 13.7 Å². The first-order chi connectivity index (χ1) is 12.6. The van der Waals surface area contributed by atoms with E-state index in [1.165, 1.54) is 6.07 Å². The molecule has 6 nitrogen and oxygen atoms in total. The zero-order valence-corrected chi connectivity index (χ0v) is 14.2. The van der Waals surface area contributed by atoms with Crippen LogP contribution in [0.4, 0.5) is 4.39 Å². The molecular weight excluding hydrogens is 335 g/mol. The summed E-state index contributed by atoms with van der Waals surface area (Å²) in [5.74, 6) is 0.457. The fraction of sp³-hybridized carbons (Fsp3) is 0.263. The number of rotatable bonds is 3. The molecule has 1 aliphatic rings. The first-order valence-corrected chi connectivity index (χ1v) is 8.41. The minimum Gasteiger partial charge on any atom is -0.339 e. The molecule has 1 aliphatic heterocycles. The van der Waals surface area contributed by atoms with Crippen molar-refractivity contribution >= 4 is 5.91 Å². The van der Waals surface area contributed by atoms with Crippen LogP contribution >= 0.6 is 0 Å². The highest BCUT2D eigenvalue weighted by Gasteiger charge is 2.31. The third-order valence-electron chi connectivity index (χ3n) is 4.62. The number of pyridine rings is 1. The lowest BCUT2D eigenvalue weighted by Crippen LogP contribution is -2.28. The van der Waals surface area contributed by atoms with Crippen molar-refractivity contribution in [1.29, 1.82) is 0 Å². The second-order valence-corrected chi connectivity index (χ2v) is 6.39. The molecule has 1 saturated heterocycles. The molecule has 0 radical (unpaired) electrons. The van der Waals surface area contributed by atoms with Crippen LogP contribution in [0.15, 0.2) is 47.2 Å². The van der Waals surface area contributed by atoms with E-state index in [0.717, 1.165) is 12.0 Å². The minimum atomic E-state index is -0.370. The molecule has 2 aromatic heterocycles. The van der Waals surface area contributed by atoms with Gasteiger partial charge in [-0.2, -0.15) is 4.98 Å². The summed E-state index contributed by atoms with van der Waals surface area (Å²) in [6, 6.07) is 8.19. The molecule has 1 amide bonds. The van der Waals surface area contributed by atoms with Gasteiger partial charge in [0.2, 0.25) is 11.7 Å². The molecule has 3 heterocycles. The first-order valence-electron chi connectivity index (χ1n) is 8.41. The number of likely N-dealkylation sites (tertiary alicyclic amines) is 1. The van der Waals surface area contributed by atoms with Gasteiger partial charge in [0.25, 0.3) is 5.91 Å². The summed E-state index contributed by atoms with van der Waals surface area (Å²) in [6.45, 7) is 2.73. The number of carbonyl (C=O) groups is 1. The molecule has 0 bridgehead atoms. The van der Waals surface area contributed by atoms with Crippen molar-refractivity contribution in [3.63, 3.8) is 0 Å². The standard InChI is InChI=1S/C19H17FN4O2/c1-12-2-3-14(10-16(12)20)19(25)24-9-6-15(11-24)18-22-17(23-26-18)13-4-7-21-8-5-13/h2-5,7-8,10,15H,6,9,11H2,1H3. The largest absolute Gasteiger partial charge is 0.339 e. The number of benzene rings is 1. The van der Waals surface area contributed by atoms with Crippen LogP contribution in [0.2, 0.25) is 0 Å². The molecule has 132 valence electrons. The predicted octanol–water partition coefficient (Wildman–Crippen LogP) is 3.21. The SMILES string of the molecule is Cc1ccc(C(=O)N2CCC(c3nc(-c4ccncc4)no3)C2)cc1F. The summed E-state index contributed by atoms with van der Waals surface area (Å²) >= 11 is 0. The second-order valence-electron chi connectivity index (χ2n) is 6.39. The van der Waals surface area contributed by atoms with E-state index in [1.54, 1.807) is 36.4 Å². The fourth-order valence-electron chi connectivity index (χ4n) is 3.07. The maximum Gasteiger partial charge on any atom is 0.253 e. The zero-order chi connectivity index (χ0) is 18.1. The fourth-order valence-corrected chi connectivity index (χ4v) is 3.07. The van der Waals surface area contributed by atoms with E-state index in [9.17, 15) is 9.18 Å². The van der Waals surface area contributed by atoms with Crippen molar-refractivity contribution in [2.45, 2.75) is 19.3 Å². The lowest BCUT2D eigenvalue weighted by atomic mass is 10.1. The topological polar surface area (TPSA) is 72.1 Å². The average molecular weight is 352 g/mol. The van der Waals surface area contributed by atoms with Gasteiger partial charge in [-0.3, -0.25) is 9.78 Å². The predicted molar refractivity (Wildman–Crippen MR) is 91.9 cm³/mol. The van der Waals surface area contributed by atoms with Gasteiger partial charge in [-0.05, 0) is 43.2 Å². The number of hydrogen-bond donors (Lipinski definition) is 0. The lowest BCUT2D eigenvalue weighted by molar-refractivity contribution is 0.0789. The van der Waals surface area contributed by atoms with Crippen LogP contribution < -0.4 is 0 Å². The third-order valence-corrected chi connectivity index (χ3v) is 4.62. The Morgan fingerprint density at radius 3 is 2.85 bits per heavy atom. The number of carbonyl (C=O) groups excluding carboxylic acids is 1. The molecule has 1 fully saturated rings. The summed E-state index contributed by atoms with van der Waals surface area (Å²) in [6.07, 6.45) is 4.07. The van der Waals surface area contributed by atoms with Crippen molar-refractivity contribution in [3.05, 3.63) is 65.6 Å². The molecule has 1 atom stereocenters. The molecule has 0 spiro atoms. The number of halogens is 1. The Morgan fingerprint density at radius 2 is 2.08 bits per heavy atom. The number of nitrogens with zero attached hydrogens (tertiary/aromatic N) is 4. The zero-order valence-electron chi connectivity index (χ0n) is 14.2. The highest BCUT2D eigenvalue weighted by molar-refractivity contribution is 5.94. The third kappa shape index (κ3) is 3.08. The highest BCUT2D eigenvalue weighted by atomic mass is 19.1. The van der Waals surface area contributed by atoms with Crippen molar-refractivity contribution in [2.24, 2.45) is 0 Å². The van der Waals surface area contributed by atoms with Gasteiger partial charge >= 0.3 is 0 Å². The van der Waals surface area contributed by atoms with E-state index in [1.807, 2.05) is 12.1 Å². The van der Waals surface area contributed by atoms with E-state index in [-0.39, 0.29) is 17.6 Å². The average Bonchev–Trinajstić information content (AvgIpc) is 3.33. The molecule has 26 heavy (non-hydrogen) atoms. The van der Waals surface area contributed by atoms with Crippen molar-refractivity contribution in [2.75, 3.05) is 13.1 Å². The molecule has 3 aromatic rings. The van der Waals surface area contributed by atoms with E-state index < -0.39 is 0 Å². The summed E-state index contributed by atoms with van der Waals surface area (Å²) in [5, 5.41) is 4.01. The van der Waals surface area contributed by atoms with Crippen LogP contribution in [-0.2, 0) is 0 Å². The Bertz CT molecular complexity index is 942. The Labute approximate surface area is 149 Å². The number of aromatic nitrogens is 3. The van der Waals surface area contributed by atoms with Crippen LogP contribution in [0.1, 0.15) is 34.2 Å². The summed E-state index contributed by atoms with van der Waals surface area (Å²) in [4.78, 5) is 22.7. The van der Waals surface area contributed by atoms with Crippen molar-refractivity contribution in [1.82, 2.24) is 20.0 Å². The maximum atomic E-state index is 13.7. The monoisotopic (exact) mass is 352 g/mol. The Morgan fingerprint density at radius 1 is 1.27 bits per heavy atom. The molecule has 7 heteroatoms. The summed E-state index contributed by atoms with van der Waals surface area (Å²) < 4.78 is 19.1. The van der Waals surface area contributed by atoms with Gasteiger partial charge < -0.3 is 9.42 Å². The summed E-state index contributed by atoms with van der Waals surface area (Å²) in [5.41, 5.74) is 1.71. The van der Waals surface area contributed by atoms with Gasteiger partial charge in [-0.1, -0.05) is 11.2 Å². The molecule has 0 N–H and O–H groups in total. The van der Waals surface area contributed by atoms with Gasteiger partial charge in [-0.15, -0.1) is 0 Å². The summed E-state index contributed by atoms with van der Waals surface area (Å²) in [7, 11) is 0. The smallest absolute Gasteiger partial charge is 0.253 e. The van der Waals surface area contributed by atoms with Crippen LogP contribution in [0.25, 0.3) is 11.4 Å². The molecule has 0 aliphatic carbocycles. The van der Waals surface area contributed by atoms with Gasteiger partial charge in [-0.25, -0.2) is 4.39 Å². The van der Waals surface area contributed by atoms with Gasteiger partial charge in [0.15, 0.2) is 0 Å². The molecule has 4 rings (SSSR count). The van der Waals surface area contributed by atoms with Crippen LogP contribution in [0.5, 0.6) is 0 Å². The molecule has 1 unspecified atom stereocenters. The van der Waals surface area contributed by atoms with Crippen LogP contribution in [0, 0.1) is 12.7 Å². The van der Waals surface area contributed by atoms with E-state index in [0.29, 0.717) is 35.9 Å². The second kappa shape index (κ2) is 6.67. The van der Waals surface area contributed by atoms with E-state index >= 15 is 0 Å². The molecule has 0 saturated carbocycles. The number of aryl methyl sites for hydroxylation is 1. The lowest BCUT2D eigenvalue weighted by Gasteiger charge is -2.16. The Hall–Kier alpha value is -3.09. The highest BCUT2D eigenvalue weighted by Crippen LogP contribution is 2.28. The van der Waals surface area contributed by atoms with Gasteiger partial charge in [0.05, 0.1) is 5.92 Å². The van der Waals surface area contributed by atoms with Crippen LogP contribution in [-0.4, -0.2) is 39.0 Å². The van der Waals surface area contributed by atoms with Gasteiger partial charge in [0, 0.05) is 36.6 Å². The van der Waals surface area contributed by atoms with Crippen molar-refractivity contribution in [3.8, 4) is 11.4 Å². The number of amides is 1. The minimum absolute atomic E-state index is 0.0164. The Kier molecular flexibility index (Phi) is 4.20. The van der Waals surface area contributed by atoms with E-state index in [4.69, 9.17) is 4.52 Å². The number of hydrogen-bond acceptors (Lipinski definition) is 5. The molecule has 1 aromatic carbocycles.